The van der Waals surface area contributed by atoms with Gasteiger partial charge in [-0.2, -0.15) is 0 Å². The van der Waals surface area contributed by atoms with Crippen LogP contribution in [0.25, 0.3) is 10.9 Å². The molecule has 0 aliphatic heterocycles. The maximum atomic E-state index is 4.49. The Kier molecular flexibility index (Phi) is 8.70. The molecular formula is C20H23IN4S. The Hall–Kier alpha value is -1.80. The van der Waals surface area contributed by atoms with Crippen molar-refractivity contribution in [1.82, 2.24) is 15.6 Å². The lowest BCUT2D eigenvalue weighted by Crippen LogP contribution is -2.38. The highest BCUT2D eigenvalue weighted by atomic mass is 127. The second-order valence-corrected chi connectivity index (χ2v) is 6.67. The number of para-hydroxylation sites is 1. The molecule has 0 unspecified atom stereocenters. The number of aromatic nitrogens is 1. The third-order valence-corrected chi connectivity index (χ3v) is 4.81. The van der Waals surface area contributed by atoms with Crippen LogP contribution < -0.4 is 10.6 Å². The van der Waals surface area contributed by atoms with Gasteiger partial charge in [0, 0.05) is 42.4 Å². The molecule has 4 nitrogen and oxygen atoms in total. The molecule has 0 saturated heterocycles. The summed E-state index contributed by atoms with van der Waals surface area (Å²) in [6.45, 7) is 1.55. The zero-order valence-electron chi connectivity index (χ0n) is 14.7. The number of hydrogen-bond donors (Lipinski definition) is 2. The van der Waals surface area contributed by atoms with Crippen LogP contribution in [-0.4, -0.2) is 30.3 Å². The van der Waals surface area contributed by atoms with Crippen LogP contribution >= 0.6 is 35.7 Å². The zero-order chi connectivity index (χ0) is 17.3. The third-order valence-electron chi connectivity index (χ3n) is 3.79. The lowest BCUT2D eigenvalue weighted by atomic mass is 10.1. The summed E-state index contributed by atoms with van der Waals surface area (Å²) in [6.07, 6.45) is 1.83. The number of thioether (sulfide) groups is 1. The van der Waals surface area contributed by atoms with E-state index in [9.17, 15) is 0 Å². The van der Waals surface area contributed by atoms with Crippen LogP contribution in [0.1, 0.15) is 5.56 Å². The van der Waals surface area contributed by atoms with Crippen molar-refractivity contribution in [2.24, 2.45) is 4.99 Å². The Morgan fingerprint density at radius 2 is 1.81 bits per heavy atom. The Morgan fingerprint density at radius 1 is 1.00 bits per heavy atom. The van der Waals surface area contributed by atoms with Gasteiger partial charge in [-0.05, 0) is 23.8 Å². The van der Waals surface area contributed by atoms with Gasteiger partial charge in [0.2, 0.25) is 0 Å². The second-order valence-electron chi connectivity index (χ2n) is 5.51. The molecule has 0 atom stereocenters. The number of benzene rings is 2. The van der Waals surface area contributed by atoms with E-state index in [1.54, 1.807) is 7.05 Å². The highest BCUT2D eigenvalue weighted by molar-refractivity contribution is 14.0. The standard InChI is InChI=1S/C20H22N4S.HI/c1-21-20(23-13-14-25-18-10-3-2-4-11-18)24-15-17-8-5-7-16-9-6-12-22-19(16)17;/h2-12H,13-15H2,1H3,(H2,21,23,24);1H. The minimum absolute atomic E-state index is 0. The molecule has 2 aromatic carbocycles. The lowest BCUT2D eigenvalue weighted by Gasteiger charge is -2.12. The normalized spacial score (nSPS) is 11.0. The number of rotatable bonds is 6. The second kappa shape index (κ2) is 11.0. The van der Waals surface area contributed by atoms with Crippen molar-refractivity contribution >= 4 is 52.6 Å². The number of fused-ring (bicyclic) bond motifs is 1. The van der Waals surface area contributed by atoms with Gasteiger partial charge < -0.3 is 10.6 Å². The van der Waals surface area contributed by atoms with Crippen molar-refractivity contribution in [3.05, 3.63) is 72.4 Å². The van der Waals surface area contributed by atoms with Crippen molar-refractivity contribution in [2.45, 2.75) is 11.4 Å². The van der Waals surface area contributed by atoms with Crippen LogP contribution in [0.2, 0.25) is 0 Å². The summed E-state index contributed by atoms with van der Waals surface area (Å²) in [5.41, 5.74) is 2.20. The SMILES string of the molecule is CN=C(NCCSc1ccccc1)NCc1cccc2cccnc12.I. The summed E-state index contributed by atoms with van der Waals surface area (Å²) < 4.78 is 0. The molecule has 26 heavy (non-hydrogen) atoms. The van der Waals surface area contributed by atoms with Gasteiger partial charge in [0.15, 0.2) is 5.96 Å². The monoisotopic (exact) mass is 478 g/mol. The van der Waals surface area contributed by atoms with Crippen molar-refractivity contribution in [3.63, 3.8) is 0 Å². The predicted octanol–water partition coefficient (Wildman–Crippen LogP) is 4.31. The molecule has 0 aliphatic rings. The fraction of sp³-hybridized carbons (Fsp3) is 0.200. The average Bonchev–Trinajstić information content (AvgIpc) is 2.68. The average molecular weight is 478 g/mol. The molecule has 3 rings (SSSR count). The van der Waals surface area contributed by atoms with Gasteiger partial charge >= 0.3 is 0 Å². The van der Waals surface area contributed by atoms with Crippen LogP contribution in [0.4, 0.5) is 0 Å². The Balaban J connectivity index is 0.00000243. The van der Waals surface area contributed by atoms with Gasteiger partial charge in [0.05, 0.1) is 5.52 Å². The number of nitrogens with zero attached hydrogens (tertiary/aromatic N) is 2. The molecule has 2 N–H and O–H groups in total. The highest BCUT2D eigenvalue weighted by Gasteiger charge is 2.03. The molecule has 0 amide bonds. The van der Waals surface area contributed by atoms with Crippen LogP contribution in [0, 0.1) is 0 Å². The molecule has 0 aliphatic carbocycles. The van der Waals surface area contributed by atoms with E-state index >= 15 is 0 Å². The van der Waals surface area contributed by atoms with Gasteiger partial charge in [0.1, 0.15) is 0 Å². The summed E-state index contributed by atoms with van der Waals surface area (Å²) >= 11 is 1.83. The van der Waals surface area contributed by atoms with Gasteiger partial charge in [-0.3, -0.25) is 9.98 Å². The molecular weight excluding hydrogens is 455 g/mol. The summed E-state index contributed by atoms with van der Waals surface area (Å²) in [6, 6.07) is 20.7. The minimum atomic E-state index is 0. The first-order chi connectivity index (χ1) is 12.4. The van der Waals surface area contributed by atoms with Gasteiger partial charge in [0.25, 0.3) is 0 Å². The molecule has 0 spiro atoms. The smallest absolute Gasteiger partial charge is 0.191 e. The fourth-order valence-corrected chi connectivity index (χ4v) is 3.35. The van der Waals surface area contributed by atoms with Gasteiger partial charge in [-0.15, -0.1) is 35.7 Å². The van der Waals surface area contributed by atoms with E-state index in [0.29, 0.717) is 6.54 Å². The van der Waals surface area contributed by atoms with Crippen LogP contribution in [0.15, 0.2) is 76.7 Å². The largest absolute Gasteiger partial charge is 0.356 e. The van der Waals surface area contributed by atoms with Gasteiger partial charge in [-0.1, -0.05) is 42.5 Å². The Bertz CT molecular complexity index is 834. The number of halogens is 1. The molecule has 6 heteroatoms. The molecule has 136 valence electrons. The van der Waals surface area contributed by atoms with Crippen LogP contribution in [0.3, 0.4) is 0 Å². The summed E-state index contributed by atoms with van der Waals surface area (Å²) in [7, 11) is 1.79. The van der Waals surface area contributed by atoms with Crippen molar-refractivity contribution in [3.8, 4) is 0 Å². The molecule has 1 aromatic heterocycles. The van der Waals surface area contributed by atoms with Crippen molar-refractivity contribution in [2.75, 3.05) is 19.3 Å². The highest BCUT2D eigenvalue weighted by Crippen LogP contribution is 2.16. The maximum Gasteiger partial charge on any atom is 0.191 e. The van der Waals surface area contributed by atoms with Gasteiger partial charge in [-0.25, -0.2) is 0 Å². The fourth-order valence-electron chi connectivity index (χ4n) is 2.56. The molecule has 0 saturated carbocycles. The topological polar surface area (TPSA) is 49.3 Å². The molecule has 3 aromatic rings. The Morgan fingerprint density at radius 3 is 2.62 bits per heavy atom. The first kappa shape index (κ1) is 20.5. The van der Waals surface area contributed by atoms with E-state index in [-0.39, 0.29) is 24.0 Å². The number of aliphatic imine (C=N–C) groups is 1. The van der Waals surface area contributed by atoms with Crippen LogP contribution in [-0.2, 0) is 6.54 Å². The summed E-state index contributed by atoms with van der Waals surface area (Å²) in [4.78, 5) is 10.1. The quantitative estimate of drug-likeness (QED) is 0.182. The minimum Gasteiger partial charge on any atom is -0.356 e. The number of pyridine rings is 1. The Labute approximate surface area is 175 Å². The third kappa shape index (κ3) is 5.88. The molecule has 0 bridgehead atoms. The lowest BCUT2D eigenvalue weighted by molar-refractivity contribution is 0.835. The van der Waals surface area contributed by atoms with E-state index in [0.717, 1.165) is 29.2 Å². The molecule has 0 radical (unpaired) electrons. The predicted molar refractivity (Wildman–Crippen MR) is 123 cm³/mol. The van der Waals surface area contributed by atoms with E-state index in [2.05, 4.69) is 69.1 Å². The van der Waals surface area contributed by atoms with E-state index in [1.807, 2.05) is 30.1 Å². The number of hydrogen-bond acceptors (Lipinski definition) is 3. The van der Waals surface area contributed by atoms with Crippen LogP contribution in [0.5, 0.6) is 0 Å². The number of guanidine groups is 1. The summed E-state index contributed by atoms with van der Waals surface area (Å²) in [5.74, 6) is 1.79. The zero-order valence-corrected chi connectivity index (χ0v) is 17.8. The van der Waals surface area contributed by atoms with E-state index in [1.165, 1.54) is 10.5 Å². The first-order valence-electron chi connectivity index (χ1n) is 8.32. The molecule has 1 heterocycles. The number of nitrogens with one attached hydrogen (secondary N) is 2. The van der Waals surface area contributed by atoms with E-state index in [4.69, 9.17) is 0 Å². The summed E-state index contributed by atoms with van der Waals surface area (Å²) in [5, 5.41) is 7.88. The van der Waals surface area contributed by atoms with Crippen molar-refractivity contribution < 1.29 is 0 Å². The maximum absolute atomic E-state index is 4.49. The van der Waals surface area contributed by atoms with E-state index < -0.39 is 0 Å². The first-order valence-corrected chi connectivity index (χ1v) is 9.30. The molecule has 0 fully saturated rings. The van der Waals surface area contributed by atoms with Crippen molar-refractivity contribution in [1.29, 1.82) is 0 Å².